The highest BCUT2D eigenvalue weighted by molar-refractivity contribution is 5.20. The summed E-state index contributed by atoms with van der Waals surface area (Å²) in [5.41, 5.74) is 1.98. The van der Waals surface area contributed by atoms with E-state index in [4.69, 9.17) is 5.73 Å². The van der Waals surface area contributed by atoms with Gasteiger partial charge in [-0.15, -0.1) is 0 Å². The van der Waals surface area contributed by atoms with Crippen LogP contribution in [0.4, 0.5) is 13.2 Å². The van der Waals surface area contributed by atoms with Gasteiger partial charge in [-0.25, -0.2) is 4.98 Å². The summed E-state index contributed by atoms with van der Waals surface area (Å²) in [5, 5.41) is 0. The summed E-state index contributed by atoms with van der Waals surface area (Å²) in [6, 6.07) is 0. The van der Waals surface area contributed by atoms with E-state index in [1.54, 1.807) is 0 Å². The topological polar surface area (TPSA) is 71.8 Å². The van der Waals surface area contributed by atoms with Gasteiger partial charge in [-0.1, -0.05) is 0 Å². The highest BCUT2D eigenvalue weighted by Crippen LogP contribution is 2.29. The number of halogens is 3. The van der Waals surface area contributed by atoms with E-state index in [0.717, 1.165) is 6.92 Å². The molecular weight excluding hydrogens is 223 g/mol. The Bertz CT molecular complexity index is 457. The van der Waals surface area contributed by atoms with Crippen LogP contribution in [0.1, 0.15) is 30.9 Å². The molecule has 0 fully saturated rings. The number of alkyl halides is 3. The Morgan fingerprint density at radius 3 is 2.19 bits per heavy atom. The van der Waals surface area contributed by atoms with Crippen molar-refractivity contribution >= 4 is 0 Å². The fourth-order valence-electron chi connectivity index (χ4n) is 1.11. The number of hydrogen-bond acceptors (Lipinski definition) is 3. The van der Waals surface area contributed by atoms with Crippen molar-refractivity contribution in [2.24, 2.45) is 5.73 Å². The molecule has 0 atom stereocenters. The number of H-pyrrole nitrogens is 1. The maximum atomic E-state index is 12.5. The van der Waals surface area contributed by atoms with E-state index in [0.29, 0.717) is 0 Å². The van der Waals surface area contributed by atoms with Gasteiger partial charge in [0.2, 0.25) is 0 Å². The molecule has 0 aromatic carbocycles. The Kier molecular flexibility index (Phi) is 2.84. The molecule has 16 heavy (non-hydrogen) atoms. The van der Waals surface area contributed by atoms with Crippen molar-refractivity contribution in [3.63, 3.8) is 0 Å². The van der Waals surface area contributed by atoms with Crippen LogP contribution in [-0.4, -0.2) is 9.97 Å². The largest absolute Gasteiger partial charge is 0.433 e. The predicted molar refractivity (Wildman–Crippen MR) is 51.8 cm³/mol. The second-order valence-electron chi connectivity index (χ2n) is 4.11. The third-order valence-electron chi connectivity index (χ3n) is 2.03. The average molecular weight is 235 g/mol. The normalized spacial score (nSPS) is 12.9. The summed E-state index contributed by atoms with van der Waals surface area (Å²) in [7, 11) is 0. The molecule has 0 amide bonds. The Morgan fingerprint density at radius 1 is 1.31 bits per heavy atom. The van der Waals surface area contributed by atoms with Crippen molar-refractivity contribution in [3.05, 3.63) is 27.4 Å². The monoisotopic (exact) mass is 235 g/mol. The molecule has 0 aliphatic carbocycles. The highest BCUT2D eigenvalue weighted by atomic mass is 19.4. The smallest absolute Gasteiger partial charge is 0.319 e. The van der Waals surface area contributed by atoms with Gasteiger partial charge in [0, 0.05) is 5.56 Å². The number of rotatable bonds is 1. The Balaban J connectivity index is 3.53. The number of aromatic nitrogens is 2. The fourth-order valence-corrected chi connectivity index (χ4v) is 1.11. The molecule has 4 nitrogen and oxygen atoms in total. The first-order valence-electron chi connectivity index (χ1n) is 4.51. The third kappa shape index (κ3) is 2.41. The van der Waals surface area contributed by atoms with Gasteiger partial charge in [-0.05, 0) is 20.8 Å². The molecule has 1 aromatic heterocycles. The molecule has 3 N–H and O–H groups in total. The lowest BCUT2D eigenvalue weighted by Crippen LogP contribution is -2.35. The first kappa shape index (κ1) is 12.7. The molecule has 0 unspecified atom stereocenters. The molecule has 0 spiro atoms. The van der Waals surface area contributed by atoms with Crippen molar-refractivity contribution < 1.29 is 13.2 Å². The van der Waals surface area contributed by atoms with Gasteiger partial charge in [0.25, 0.3) is 5.56 Å². The zero-order valence-corrected chi connectivity index (χ0v) is 9.07. The lowest BCUT2D eigenvalue weighted by Gasteiger charge is -2.19. The van der Waals surface area contributed by atoms with Crippen molar-refractivity contribution in [1.29, 1.82) is 0 Å². The van der Waals surface area contributed by atoms with Crippen LogP contribution in [0.5, 0.6) is 0 Å². The van der Waals surface area contributed by atoms with E-state index in [9.17, 15) is 18.0 Å². The van der Waals surface area contributed by atoms with Crippen LogP contribution in [0.25, 0.3) is 0 Å². The zero-order valence-electron chi connectivity index (χ0n) is 9.07. The molecule has 1 heterocycles. The summed E-state index contributed by atoms with van der Waals surface area (Å²) in [6.45, 7) is 3.99. The minimum absolute atomic E-state index is 0.185. The molecular formula is C9H12F3N3O. The van der Waals surface area contributed by atoms with Gasteiger partial charge in [0.1, 0.15) is 5.82 Å². The Morgan fingerprint density at radius 2 is 1.81 bits per heavy atom. The van der Waals surface area contributed by atoms with Crippen molar-refractivity contribution in [3.8, 4) is 0 Å². The van der Waals surface area contributed by atoms with E-state index in [-0.39, 0.29) is 5.82 Å². The molecule has 0 radical (unpaired) electrons. The van der Waals surface area contributed by atoms with Crippen LogP contribution in [0.3, 0.4) is 0 Å². The van der Waals surface area contributed by atoms with Crippen LogP contribution in [0.15, 0.2) is 4.79 Å². The summed E-state index contributed by atoms with van der Waals surface area (Å²) >= 11 is 0. The van der Waals surface area contributed by atoms with Crippen molar-refractivity contribution in [2.45, 2.75) is 32.5 Å². The quantitative estimate of drug-likeness (QED) is 0.770. The molecule has 7 heteroatoms. The van der Waals surface area contributed by atoms with E-state index < -0.39 is 28.5 Å². The van der Waals surface area contributed by atoms with E-state index in [2.05, 4.69) is 9.97 Å². The number of nitrogens with two attached hydrogens (primary N) is 1. The summed E-state index contributed by atoms with van der Waals surface area (Å²) < 4.78 is 37.6. The highest BCUT2D eigenvalue weighted by Gasteiger charge is 2.37. The molecule has 0 saturated heterocycles. The van der Waals surface area contributed by atoms with Crippen molar-refractivity contribution in [1.82, 2.24) is 9.97 Å². The van der Waals surface area contributed by atoms with Gasteiger partial charge in [-0.2, -0.15) is 13.2 Å². The second-order valence-corrected chi connectivity index (χ2v) is 4.11. The first-order valence-corrected chi connectivity index (χ1v) is 4.51. The summed E-state index contributed by atoms with van der Waals surface area (Å²) in [5.74, 6) is -0.185. The Labute approximate surface area is 89.7 Å². The maximum Gasteiger partial charge on any atom is 0.433 e. The number of hydrogen-bond donors (Lipinski definition) is 2. The van der Waals surface area contributed by atoms with E-state index in [1.807, 2.05) is 0 Å². The van der Waals surface area contributed by atoms with Gasteiger partial charge < -0.3 is 10.7 Å². The minimum atomic E-state index is -4.65. The SMILES string of the molecule is Cc1c(C(F)(F)F)nc(C(C)(C)N)[nH]c1=O. The van der Waals surface area contributed by atoms with Crippen molar-refractivity contribution in [2.75, 3.05) is 0 Å². The molecule has 1 rings (SSSR count). The van der Waals surface area contributed by atoms with Crippen LogP contribution in [0.2, 0.25) is 0 Å². The number of nitrogens with one attached hydrogen (secondary N) is 1. The summed E-state index contributed by atoms with van der Waals surface area (Å²) in [6.07, 6.45) is -4.65. The average Bonchev–Trinajstić information content (AvgIpc) is 2.05. The maximum absolute atomic E-state index is 12.5. The predicted octanol–water partition coefficient (Wildman–Crippen LogP) is 1.29. The van der Waals surface area contributed by atoms with Gasteiger partial charge in [0.15, 0.2) is 5.69 Å². The first-order chi connectivity index (χ1) is 7.03. The third-order valence-corrected chi connectivity index (χ3v) is 2.03. The van der Waals surface area contributed by atoms with Gasteiger partial charge in [-0.3, -0.25) is 4.79 Å². The number of nitrogens with zero attached hydrogens (tertiary/aromatic N) is 1. The van der Waals surface area contributed by atoms with Crippen LogP contribution in [0, 0.1) is 6.92 Å². The lowest BCUT2D eigenvalue weighted by molar-refractivity contribution is -0.142. The van der Waals surface area contributed by atoms with E-state index >= 15 is 0 Å². The molecule has 1 aromatic rings. The van der Waals surface area contributed by atoms with Crippen LogP contribution in [-0.2, 0) is 11.7 Å². The molecule has 0 aliphatic rings. The van der Waals surface area contributed by atoms with Gasteiger partial charge >= 0.3 is 6.18 Å². The Hall–Kier alpha value is -1.37. The standard InChI is InChI=1S/C9H12F3N3O/c1-4-5(9(10,11)12)14-7(8(2,3)13)15-6(4)16/h13H2,1-3H3,(H,14,15,16). The van der Waals surface area contributed by atoms with Gasteiger partial charge in [0.05, 0.1) is 5.54 Å². The fraction of sp³-hybridized carbons (Fsp3) is 0.556. The lowest BCUT2D eigenvalue weighted by atomic mass is 10.1. The van der Waals surface area contributed by atoms with Crippen LogP contribution >= 0.6 is 0 Å². The molecule has 90 valence electrons. The molecule has 0 bridgehead atoms. The second kappa shape index (κ2) is 3.58. The zero-order chi connectivity index (χ0) is 12.7. The molecule has 0 aliphatic heterocycles. The minimum Gasteiger partial charge on any atom is -0.319 e. The number of aromatic amines is 1. The van der Waals surface area contributed by atoms with Crippen LogP contribution < -0.4 is 11.3 Å². The summed E-state index contributed by atoms with van der Waals surface area (Å²) in [4.78, 5) is 16.9. The molecule has 0 saturated carbocycles. The van der Waals surface area contributed by atoms with E-state index in [1.165, 1.54) is 13.8 Å².